The second-order valence-corrected chi connectivity index (χ2v) is 7.85. The summed E-state index contributed by atoms with van der Waals surface area (Å²) in [6.07, 6.45) is 3.24. The maximum atomic E-state index is 12.9. The largest absolute Gasteiger partial charge is 0.384 e. The Labute approximate surface area is 161 Å². The molecule has 2 aromatic heterocycles. The Hall–Kier alpha value is -2.51. The topological polar surface area (TPSA) is 78.4 Å². The van der Waals surface area contributed by atoms with Crippen LogP contribution in [0.3, 0.4) is 0 Å². The maximum absolute atomic E-state index is 12.9. The molecule has 0 spiro atoms. The van der Waals surface area contributed by atoms with Crippen molar-refractivity contribution >= 4 is 34.0 Å². The summed E-state index contributed by atoms with van der Waals surface area (Å²) in [6.45, 7) is 2.68. The molecule has 7 heteroatoms. The summed E-state index contributed by atoms with van der Waals surface area (Å²) in [5, 5.41) is 18.4. The van der Waals surface area contributed by atoms with Crippen LogP contribution < -0.4 is 10.2 Å². The number of carbonyl (C=O) groups excluding carboxylic acids is 1. The Balaban J connectivity index is 1.52. The summed E-state index contributed by atoms with van der Waals surface area (Å²) in [5.74, 6) is 0.716. The molecule has 0 saturated carbocycles. The molecule has 0 aliphatic carbocycles. The fourth-order valence-corrected chi connectivity index (χ4v) is 4.35. The summed E-state index contributed by atoms with van der Waals surface area (Å²) >= 11 is 1.53. The quantitative estimate of drug-likeness (QED) is 0.709. The molecule has 0 radical (unpaired) electrons. The summed E-state index contributed by atoms with van der Waals surface area (Å²) in [7, 11) is 0. The third kappa shape index (κ3) is 3.52. The Morgan fingerprint density at radius 1 is 1.37 bits per heavy atom. The van der Waals surface area contributed by atoms with E-state index in [-0.39, 0.29) is 18.5 Å². The molecule has 6 nitrogen and oxygen atoms in total. The van der Waals surface area contributed by atoms with Crippen molar-refractivity contribution < 1.29 is 9.90 Å². The smallest absolute Gasteiger partial charge is 0.242 e. The highest BCUT2D eigenvalue weighted by Crippen LogP contribution is 2.29. The Kier molecular flexibility index (Phi) is 4.80. The lowest BCUT2D eigenvalue weighted by atomic mass is 9.99. The Bertz CT molecular complexity index is 937. The van der Waals surface area contributed by atoms with Gasteiger partial charge in [-0.3, -0.25) is 4.79 Å². The highest BCUT2D eigenvalue weighted by Gasteiger charge is 2.34. The number of anilines is 1. The number of nitrogens with zero attached hydrogens (tertiary/aromatic N) is 3. The summed E-state index contributed by atoms with van der Waals surface area (Å²) in [5.41, 5.74) is 0.604. The molecule has 4 rings (SSSR count). The van der Waals surface area contributed by atoms with Crippen molar-refractivity contribution in [2.45, 2.75) is 31.4 Å². The highest BCUT2D eigenvalue weighted by atomic mass is 32.1. The van der Waals surface area contributed by atoms with E-state index in [1.807, 2.05) is 41.1 Å². The van der Waals surface area contributed by atoms with E-state index in [9.17, 15) is 9.90 Å². The standard InChI is InChI=1S/C20H22N4O2S/c1-20(26,14-8-10-27-11-14)12-21-19(25)17-7-4-9-24(17)18-15-5-2-3-6-16(15)22-13-23-18/h2-3,5-6,8,10-11,13,17,26H,4,7,9,12H2,1H3,(H,21,25)/t17-,20+/m0/s1. The number of nitrogens with one attached hydrogen (secondary N) is 1. The molecule has 0 bridgehead atoms. The van der Waals surface area contributed by atoms with Gasteiger partial charge in [0.05, 0.1) is 12.1 Å². The van der Waals surface area contributed by atoms with Crippen molar-refractivity contribution in [3.63, 3.8) is 0 Å². The van der Waals surface area contributed by atoms with Crippen molar-refractivity contribution in [3.05, 3.63) is 53.0 Å². The molecular weight excluding hydrogens is 360 g/mol. The SMILES string of the molecule is C[C@@](O)(CNC(=O)[C@@H]1CCCN1c1ncnc2ccccc12)c1ccsc1. The number of amides is 1. The van der Waals surface area contributed by atoms with Crippen molar-refractivity contribution in [1.82, 2.24) is 15.3 Å². The van der Waals surface area contributed by atoms with E-state index in [0.29, 0.717) is 0 Å². The number of hydrogen-bond acceptors (Lipinski definition) is 6. The minimum atomic E-state index is -1.08. The van der Waals surface area contributed by atoms with Crippen LogP contribution in [0, 0.1) is 0 Å². The molecule has 1 aromatic carbocycles. The summed E-state index contributed by atoms with van der Waals surface area (Å²) < 4.78 is 0. The highest BCUT2D eigenvalue weighted by molar-refractivity contribution is 7.08. The number of para-hydroxylation sites is 1. The van der Waals surface area contributed by atoms with E-state index in [2.05, 4.69) is 20.2 Å². The van der Waals surface area contributed by atoms with Gasteiger partial charge in [0, 0.05) is 11.9 Å². The Morgan fingerprint density at radius 3 is 3.04 bits per heavy atom. The second kappa shape index (κ2) is 7.25. The van der Waals surface area contributed by atoms with Crippen LogP contribution >= 0.6 is 11.3 Å². The van der Waals surface area contributed by atoms with Crippen molar-refractivity contribution in [3.8, 4) is 0 Å². The molecule has 140 valence electrons. The van der Waals surface area contributed by atoms with Crippen LogP contribution in [0.25, 0.3) is 10.9 Å². The number of hydrogen-bond donors (Lipinski definition) is 2. The third-order valence-corrected chi connectivity index (χ3v) is 5.78. The van der Waals surface area contributed by atoms with Gasteiger partial charge in [-0.1, -0.05) is 12.1 Å². The van der Waals surface area contributed by atoms with Crippen LogP contribution in [0.1, 0.15) is 25.3 Å². The van der Waals surface area contributed by atoms with Crippen molar-refractivity contribution in [2.75, 3.05) is 18.0 Å². The lowest BCUT2D eigenvalue weighted by Crippen LogP contribution is -2.47. The van der Waals surface area contributed by atoms with Gasteiger partial charge < -0.3 is 15.3 Å². The molecule has 1 aliphatic heterocycles. The molecule has 0 unspecified atom stereocenters. The monoisotopic (exact) mass is 382 g/mol. The van der Waals surface area contributed by atoms with Crippen LogP contribution in [0.2, 0.25) is 0 Å². The van der Waals surface area contributed by atoms with Gasteiger partial charge in [0.15, 0.2) is 0 Å². The number of carbonyl (C=O) groups is 1. The average Bonchev–Trinajstić information content (AvgIpc) is 3.38. The lowest BCUT2D eigenvalue weighted by Gasteiger charge is -2.28. The van der Waals surface area contributed by atoms with Crippen LogP contribution in [-0.2, 0) is 10.4 Å². The molecule has 27 heavy (non-hydrogen) atoms. The molecular formula is C20H22N4O2S. The minimum Gasteiger partial charge on any atom is -0.384 e. The van der Waals surface area contributed by atoms with Gasteiger partial charge >= 0.3 is 0 Å². The first kappa shape index (κ1) is 17.9. The summed E-state index contributed by atoms with van der Waals surface area (Å²) in [6, 6.07) is 9.43. The molecule has 3 aromatic rings. The van der Waals surface area contributed by atoms with Gasteiger partial charge in [-0.25, -0.2) is 9.97 Å². The fraction of sp³-hybridized carbons (Fsp3) is 0.350. The lowest BCUT2D eigenvalue weighted by molar-refractivity contribution is -0.123. The first-order valence-electron chi connectivity index (χ1n) is 9.05. The van der Waals surface area contributed by atoms with Gasteiger partial charge in [0.2, 0.25) is 5.91 Å². The van der Waals surface area contributed by atoms with E-state index in [1.54, 1.807) is 13.3 Å². The van der Waals surface area contributed by atoms with E-state index >= 15 is 0 Å². The maximum Gasteiger partial charge on any atom is 0.242 e. The number of aromatic nitrogens is 2. The Morgan fingerprint density at radius 2 is 2.22 bits per heavy atom. The molecule has 1 saturated heterocycles. The number of rotatable bonds is 5. The first-order valence-corrected chi connectivity index (χ1v) is 10.00. The number of aliphatic hydroxyl groups is 1. The molecule has 2 N–H and O–H groups in total. The van der Waals surface area contributed by atoms with E-state index in [4.69, 9.17) is 0 Å². The summed E-state index contributed by atoms with van der Waals surface area (Å²) in [4.78, 5) is 23.7. The molecule has 2 atom stereocenters. The van der Waals surface area contributed by atoms with Crippen LogP contribution in [-0.4, -0.2) is 40.1 Å². The zero-order valence-corrected chi connectivity index (χ0v) is 15.9. The van der Waals surface area contributed by atoms with E-state index in [0.717, 1.165) is 41.7 Å². The van der Waals surface area contributed by atoms with Crippen LogP contribution in [0.5, 0.6) is 0 Å². The van der Waals surface area contributed by atoms with Crippen LogP contribution in [0.15, 0.2) is 47.4 Å². The predicted molar refractivity (Wildman–Crippen MR) is 107 cm³/mol. The number of thiophene rings is 1. The van der Waals surface area contributed by atoms with Crippen molar-refractivity contribution in [2.24, 2.45) is 0 Å². The van der Waals surface area contributed by atoms with Gasteiger partial charge in [-0.15, -0.1) is 0 Å². The molecule has 1 aliphatic rings. The van der Waals surface area contributed by atoms with Gasteiger partial charge in [0.1, 0.15) is 23.8 Å². The fourth-order valence-electron chi connectivity index (χ4n) is 3.56. The van der Waals surface area contributed by atoms with Gasteiger partial charge in [-0.2, -0.15) is 11.3 Å². The zero-order chi connectivity index (χ0) is 18.9. The molecule has 3 heterocycles. The van der Waals surface area contributed by atoms with Crippen LogP contribution in [0.4, 0.5) is 5.82 Å². The normalized spacial score (nSPS) is 19.2. The number of fused-ring (bicyclic) bond motifs is 1. The molecule has 1 fully saturated rings. The molecule has 1 amide bonds. The third-order valence-electron chi connectivity index (χ3n) is 5.10. The number of benzene rings is 1. The minimum absolute atomic E-state index is 0.0781. The van der Waals surface area contributed by atoms with Gasteiger partial charge in [0.25, 0.3) is 0 Å². The second-order valence-electron chi connectivity index (χ2n) is 7.07. The average molecular weight is 382 g/mol. The zero-order valence-electron chi connectivity index (χ0n) is 15.1. The van der Waals surface area contributed by atoms with Gasteiger partial charge in [-0.05, 0) is 54.3 Å². The van der Waals surface area contributed by atoms with E-state index in [1.165, 1.54) is 11.3 Å². The van der Waals surface area contributed by atoms with Crippen molar-refractivity contribution in [1.29, 1.82) is 0 Å². The first-order chi connectivity index (χ1) is 13.1. The van der Waals surface area contributed by atoms with E-state index < -0.39 is 5.60 Å². The predicted octanol–water partition coefficient (Wildman–Crippen LogP) is 2.68.